The lowest BCUT2D eigenvalue weighted by Gasteiger charge is -2.26. The molecule has 0 radical (unpaired) electrons. The Balaban J connectivity index is 1.41. The van der Waals surface area contributed by atoms with Crippen molar-refractivity contribution < 1.29 is 17.9 Å². The molecule has 210 valence electrons. The number of hydrogen-bond acceptors (Lipinski definition) is 6. The maximum atomic E-state index is 13.3. The van der Waals surface area contributed by atoms with E-state index in [1.807, 2.05) is 43.3 Å². The number of benzene rings is 2. The third-order valence-corrected chi connectivity index (χ3v) is 7.18. The number of hydrogen-bond donors (Lipinski definition) is 0. The van der Waals surface area contributed by atoms with Crippen LogP contribution in [0.4, 0.5) is 13.2 Å². The van der Waals surface area contributed by atoms with Gasteiger partial charge >= 0.3 is 11.9 Å². The predicted molar refractivity (Wildman–Crippen MR) is 147 cm³/mol. The number of fused-ring (bicyclic) bond motifs is 1. The van der Waals surface area contributed by atoms with E-state index in [-0.39, 0.29) is 6.54 Å². The van der Waals surface area contributed by atoms with E-state index in [0.29, 0.717) is 11.2 Å². The maximum Gasteiger partial charge on any atom is 0.433 e. The van der Waals surface area contributed by atoms with Crippen molar-refractivity contribution in [2.24, 2.45) is 0 Å². The molecule has 0 saturated carbocycles. The van der Waals surface area contributed by atoms with E-state index in [1.54, 1.807) is 6.20 Å². The van der Waals surface area contributed by atoms with Gasteiger partial charge in [-0.05, 0) is 35.2 Å². The summed E-state index contributed by atoms with van der Waals surface area (Å²) < 4.78 is 46.7. The van der Waals surface area contributed by atoms with Crippen LogP contribution in [-0.2, 0) is 24.0 Å². The highest BCUT2D eigenvalue weighted by molar-refractivity contribution is 5.91. The SMILES string of the molecule is Cc1ccc(-c2cnn3c(=O)n(Cc4ccc(C(F)(F)F)nc4)nc3c2-c2ccc(CN3CCOCC3)cc2)cc1. The highest BCUT2D eigenvalue weighted by Crippen LogP contribution is 2.34. The van der Waals surface area contributed by atoms with E-state index in [1.165, 1.54) is 15.3 Å². The van der Waals surface area contributed by atoms with E-state index in [4.69, 9.17) is 4.74 Å². The van der Waals surface area contributed by atoms with Crippen LogP contribution >= 0.6 is 0 Å². The average molecular weight is 561 g/mol. The summed E-state index contributed by atoms with van der Waals surface area (Å²) in [7, 11) is 0. The summed E-state index contributed by atoms with van der Waals surface area (Å²) in [5, 5.41) is 9.01. The standard InChI is InChI=1S/C30H27F3N6O2/c1-20-2-7-23(8-3-20)25-17-35-39-28(27(25)24-9-4-21(5-10-24)18-37-12-14-41-15-13-37)36-38(29(39)40)19-22-6-11-26(34-16-22)30(31,32)33/h2-11,16-17H,12-15,18-19H2,1H3. The first-order valence-electron chi connectivity index (χ1n) is 13.2. The fraction of sp³-hybridized carbons (Fsp3) is 0.267. The average Bonchev–Trinajstić information content (AvgIpc) is 3.28. The van der Waals surface area contributed by atoms with Crippen LogP contribution in [0, 0.1) is 6.92 Å². The van der Waals surface area contributed by atoms with Crippen molar-refractivity contribution >= 4 is 5.65 Å². The molecule has 0 N–H and O–H groups in total. The van der Waals surface area contributed by atoms with Crippen molar-refractivity contribution in [1.82, 2.24) is 29.3 Å². The Morgan fingerprint density at radius 3 is 2.20 bits per heavy atom. The van der Waals surface area contributed by atoms with Gasteiger partial charge in [0.25, 0.3) is 0 Å². The third kappa shape index (κ3) is 5.63. The first-order valence-corrected chi connectivity index (χ1v) is 13.2. The van der Waals surface area contributed by atoms with Gasteiger partial charge in [0.15, 0.2) is 5.65 Å². The summed E-state index contributed by atoms with van der Waals surface area (Å²) in [5.74, 6) is 0. The van der Waals surface area contributed by atoms with Gasteiger partial charge in [-0.2, -0.15) is 22.8 Å². The number of morpholine rings is 1. The van der Waals surface area contributed by atoms with Crippen molar-refractivity contribution in [2.75, 3.05) is 26.3 Å². The van der Waals surface area contributed by atoms with Crippen LogP contribution in [-0.4, -0.2) is 55.6 Å². The molecule has 1 fully saturated rings. The zero-order valence-electron chi connectivity index (χ0n) is 22.3. The van der Waals surface area contributed by atoms with Crippen molar-refractivity contribution in [1.29, 1.82) is 0 Å². The molecule has 0 unspecified atom stereocenters. The van der Waals surface area contributed by atoms with Gasteiger partial charge in [-0.3, -0.25) is 9.88 Å². The van der Waals surface area contributed by atoms with E-state index in [9.17, 15) is 18.0 Å². The second kappa shape index (κ2) is 10.9. The maximum absolute atomic E-state index is 13.3. The molecule has 5 aromatic rings. The number of aromatic nitrogens is 5. The summed E-state index contributed by atoms with van der Waals surface area (Å²) in [5.41, 5.74) is 4.89. The van der Waals surface area contributed by atoms with Crippen molar-refractivity contribution in [2.45, 2.75) is 26.2 Å². The topological polar surface area (TPSA) is 77.6 Å². The molecule has 0 bridgehead atoms. The van der Waals surface area contributed by atoms with Gasteiger partial charge in [0, 0.05) is 37.0 Å². The van der Waals surface area contributed by atoms with Crippen LogP contribution in [0.15, 0.2) is 77.9 Å². The summed E-state index contributed by atoms with van der Waals surface area (Å²) in [6.45, 7) is 6.01. The lowest BCUT2D eigenvalue weighted by atomic mass is 9.96. The fourth-order valence-electron chi connectivity index (χ4n) is 4.95. The molecule has 6 rings (SSSR count). The molecule has 0 spiro atoms. The Hall–Kier alpha value is -4.35. The molecule has 4 heterocycles. The van der Waals surface area contributed by atoms with Gasteiger partial charge in [0.05, 0.1) is 26.0 Å². The van der Waals surface area contributed by atoms with Crippen LogP contribution in [0.5, 0.6) is 0 Å². The van der Waals surface area contributed by atoms with Crippen molar-refractivity contribution in [3.63, 3.8) is 0 Å². The fourth-order valence-corrected chi connectivity index (χ4v) is 4.95. The van der Waals surface area contributed by atoms with E-state index < -0.39 is 17.6 Å². The quantitative estimate of drug-likeness (QED) is 0.296. The van der Waals surface area contributed by atoms with Crippen LogP contribution in [0.1, 0.15) is 22.4 Å². The van der Waals surface area contributed by atoms with Crippen LogP contribution < -0.4 is 5.69 Å². The van der Waals surface area contributed by atoms with Crippen molar-refractivity contribution in [3.8, 4) is 22.3 Å². The molecule has 8 nitrogen and oxygen atoms in total. The smallest absolute Gasteiger partial charge is 0.379 e. The largest absolute Gasteiger partial charge is 0.433 e. The molecular formula is C30H27F3N6O2. The minimum Gasteiger partial charge on any atom is -0.379 e. The molecule has 3 aromatic heterocycles. The zero-order chi connectivity index (χ0) is 28.6. The monoisotopic (exact) mass is 560 g/mol. The van der Waals surface area contributed by atoms with Gasteiger partial charge in [-0.1, -0.05) is 60.2 Å². The van der Waals surface area contributed by atoms with E-state index >= 15 is 0 Å². The van der Waals surface area contributed by atoms with Crippen LogP contribution in [0.3, 0.4) is 0 Å². The normalized spacial score (nSPS) is 14.5. The van der Waals surface area contributed by atoms with Gasteiger partial charge in [0.2, 0.25) is 0 Å². The number of rotatable bonds is 6. The molecule has 0 atom stereocenters. The Morgan fingerprint density at radius 2 is 1.54 bits per heavy atom. The second-order valence-electron chi connectivity index (χ2n) is 10.1. The zero-order valence-corrected chi connectivity index (χ0v) is 22.3. The molecule has 41 heavy (non-hydrogen) atoms. The van der Waals surface area contributed by atoms with Gasteiger partial charge in [-0.15, -0.1) is 5.10 Å². The Morgan fingerprint density at radius 1 is 0.854 bits per heavy atom. The summed E-state index contributed by atoms with van der Waals surface area (Å²) in [6.07, 6.45) is -1.78. The summed E-state index contributed by atoms with van der Waals surface area (Å²) in [6, 6.07) is 18.4. The highest BCUT2D eigenvalue weighted by atomic mass is 19.4. The Kier molecular flexibility index (Phi) is 7.14. The Bertz CT molecular complexity index is 1720. The first-order chi connectivity index (χ1) is 19.8. The number of nitrogens with zero attached hydrogens (tertiary/aromatic N) is 6. The first kappa shape index (κ1) is 26.9. The number of ether oxygens (including phenoxy) is 1. The Labute approximate surface area is 233 Å². The highest BCUT2D eigenvalue weighted by Gasteiger charge is 2.32. The molecule has 0 amide bonds. The predicted octanol–water partition coefficient (Wildman–Crippen LogP) is 4.83. The second-order valence-corrected chi connectivity index (χ2v) is 10.1. The van der Waals surface area contributed by atoms with Gasteiger partial charge in [-0.25, -0.2) is 9.48 Å². The number of alkyl halides is 3. The lowest BCUT2D eigenvalue weighted by molar-refractivity contribution is -0.141. The molecule has 11 heteroatoms. The molecule has 0 aliphatic carbocycles. The van der Waals surface area contributed by atoms with Crippen LogP contribution in [0.25, 0.3) is 27.9 Å². The summed E-state index contributed by atoms with van der Waals surface area (Å²) >= 11 is 0. The number of halogens is 3. The minimum absolute atomic E-state index is 0.0505. The van der Waals surface area contributed by atoms with E-state index in [0.717, 1.165) is 78.5 Å². The minimum atomic E-state index is -4.54. The lowest BCUT2D eigenvalue weighted by Crippen LogP contribution is -2.35. The van der Waals surface area contributed by atoms with E-state index in [2.05, 4.69) is 32.2 Å². The molecule has 1 saturated heterocycles. The number of aryl methyl sites for hydroxylation is 1. The summed E-state index contributed by atoms with van der Waals surface area (Å²) in [4.78, 5) is 19.1. The molecule has 2 aromatic carbocycles. The van der Waals surface area contributed by atoms with Gasteiger partial charge in [0.1, 0.15) is 5.69 Å². The molecular weight excluding hydrogens is 533 g/mol. The van der Waals surface area contributed by atoms with Gasteiger partial charge < -0.3 is 4.74 Å². The molecule has 1 aliphatic rings. The number of pyridine rings is 1. The third-order valence-electron chi connectivity index (χ3n) is 7.18. The van der Waals surface area contributed by atoms with Crippen molar-refractivity contribution in [3.05, 3.63) is 106 Å². The molecule has 1 aliphatic heterocycles. The van der Waals surface area contributed by atoms with Crippen LogP contribution in [0.2, 0.25) is 0 Å².